The van der Waals surface area contributed by atoms with E-state index >= 15 is 0 Å². The van der Waals surface area contributed by atoms with Crippen LogP contribution in [0.15, 0.2) is 60.8 Å². The minimum absolute atomic E-state index is 0.0746. The second-order valence-corrected chi connectivity index (χ2v) is 6.56. The van der Waals surface area contributed by atoms with Crippen molar-refractivity contribution in [3.8, 4) is 0 Å². The third-order valence-corrected chi connectivity index (χ3v) is 4.70. The molecule has 0 saturated heterocycles. The van der Waals surface area contributed by atoms with Gasteiger partial charge in [-0.3, -0.25) is 4.79 Å². The fourth-order valence-electron chi connectivity index (χ4n) is 3.27. The minimum Gasteiger partial charge on any atom is -0.373 e. The first-order valence-electron chi connectivity index (χ1n) is 8.73. The molecule has 1 aliphatic heterocycles. The number of rotatable bonds is 3. The zero-order valence-corrected chi connectivity index (χ0v) is 14.7. The second-order valence-electron chi connectivity index (χ2n) is 6.56. The van der Waals surface area contributed by atoms with Crippen molar-refractivity contribution in [2.24, 2.45) is 0 Å². The quantitative estimate of drug-likeness (QED) is 0.730. The first-order valence-corrected chi connectivity index (χ1v) is 8.73. The lowest BCUT2D eigenvalue weighted by Crippen LogP contribution is -2.34. The van der Waals surface area contributed by atoms with Crippen LogP contribution in [-0.4, -0.2) is 45.9 Å². The van der Waals surface area contributed by atoms with E-state index in [4.69, 9.17) is 0 Å². The van der Waals surface area contributed by atoms with Crippen molar-refractivity contribution in [2.45, 2.75) is 13.1 Å². The lowest BCUT2D eigenvalue weighted by Gasteiger charge is -2.19. The predicted molar refractivity (Wildman–Crippen MR) is 100 cm³/mol. The lowest BCUT2D eigenvalue weighted by molar-refractivity contribution is 0.0745. The highest BCUT2D eigenvalue weighted by Gasteiger charge is 2.24. The van der Waals surface area contributed by atoms with E-state index in [0.717, 1.165) is 17.7 Å². The van der Waals surface area contributed by atoms with Crippen LogP contribution in [0.4, 0.5) is 5.69 Å². The Bertz CT molecular complexity index is 905. The minimum atomic E-state index is -0.0746. The largest absolute Gasteiger partial charge is 0.373 e. The fraction of sp³-hybridized carbons (Fsp3) is 0.250. The molecule has 0 spiro atoms. The SMILES string of the molecule is CN1CCN(C(=O)c2cn(Cc3ccccc3)nn2)Cc2ccccc21. The highest BCUT2D eigenvalue weighted by molar-refractivity contribution is 5.92. The van der Waals surface area contributed by atoms with Gasteiger partial charge in [-0.1, -0.05) is 53.7 Å². The Morgan fingerprint density at radius 2 is 1.81 bits per heavy atom. The van der Waals surface area contributed by atoms with Crippen LogP contribution in [-0.2, 0) is 13.1 Å². The number of hydrogen-bond acceptors (Lipinski definition) is 4. The summed E-state index contributed by atoms with van der Waals surface area (Å²) < 4.78 is 1.71. The summed E-state index contributed by atoms with van der Waals surface area (Å²) in [5.41, 5.74) is 3.85. The Morgan fingerprint density at radius 1 is 1.04 bits per heavy atom. The highest BCUT2D eigenvalue weighted by atomic mass is 16.2. The van der Waals surface area contributed by atoms with Crippen molar-refractivity contribution in [1.29, 1.82) is 0 Å². The Balaban J connectivity index is 1.51. The van der Waals surface area contributed by atoms with E-state index in [1.807, 2.05) is 47.4 Å². The molecule has 1 aromatic heterocycles. The van der Waals surface area contributed by atoms with Crippen molar-refractivity contribution in [1.82, 2.24) is 19.9 Å². The van der Waals surface area contributed by atoms with E-state index in [-0.39, 0.29) is 5.91 Å². The molecule has 0 bridgehead atoms. The number of carbonyl (C=O) groups is 1. The van der Waals surface area contributed by atoms with Gasteiger partial charge in [0, 0.05) is 32.4 Å². The van der Waals surface area contributed by atoms with Gasteiger partial charge in [0.25, 0.3) is 5.91 Å². The summed E-state index contributed by atoms with van der Waals surface area (Å²) in [6, 6.07) is 18.2. The van der Waals surface area contributed by atoms with E-state index in [0.29, 0.717) is 25.3 Å². The van der Waals surface area contributed by atoms with Crippen molar-refractivity contribution >= 4 is 11.6 Å². The molecule has 0 fully saturated rings. The first-order chi connectivity index (χ1) is 12.7. The third-order valence-electron chi connectivity index (χ3n) is 4.70. The molecule has 0 saturated carbocycles. The standard InChI is InChI=1S/C20H21N5O/c1-23-11-12-24(14-17-9-5-6-10-19(17)23)20(26)18-15-25(22-21-18)13-16-7-3-2-4-8-16/h2-10,15H,11-14H2,1H3. The van der Waals surface area contributed by atoms with Gasteiger partial charge in [-0.15, -0.1) is 5.10 Å². The number of likely N-dealkylation sites (N-methyl/N-ethyl adjacent to an activating group) is 1. The van der Waals surface area contributed by atoms with Gasteiger partial charge in [0.05, 0.1) is 12.7 Å². The molecule has 3 aromatic rings. The van der Waals surface area contributed by atoms with Crippen LogP contribution in [0.3, 0.4) is 0 Å². The zero-order valence-electron chi connectivity index (χ0n) is 14.7. The summed E-state index contributed by atoms with van der Waals surface area (Å²) >= 11 is 0. The number of fused-ring (bicyclic) bond motifs is 1. The Hall–Kier alpha value is -3.15. The third kappa shape index (κ3) is 3.31. The fourth-order valence-corrected chi connectivity index (χ4v) is 3.27. The van der Waals surface area contributed by atoms with Crippen LogP contribution in [0.25, 0.3) is 0 Å². The Kier molecular flexibility index (Phi) is 4.39. The average Bonchev–Trinajstić information content (AvgIpc) is 3.06. The molecule has 26 heavy (non-hydrogen) atoms. The van der Waals surface area contributed by atoms with Crippen LogP contribution in [0.2, 0.25) is 0 Å². The van der Waals surface area contributed by atoms with Crippen molar-refractivity contribution in [2.75, 3.05) is 25.0 Å². The van der Waals surface area contributed by atoms with Gasteiger partial charge in [-0.2, -0.15) is 0 Å². The Morgan fingerprint density at radius 3 is 2.65 bits per heavy atom. The molecule has 4 rings (SSSR count). The van der Waals surface area contributed by atoms with E-state index in [1.54, 1.807) is 10.9 Å². The van der Waals surface area contributed by atoms with Crippen molar-refractivity contribution in [3.05, 3.63) is 77.6 Å². The summed E-state index contributed by atoms with van der Waals surface area (Å²) in [6.45, 7) is 2.65. The molecule has 1 aliphatic rings. The molecule has 6 heteroatoms. The number of aromatic nitrogens is 3. The smallest absolute Gasteiger partial charge is 0.276 e. The number of hydrogen-bond donors (Lipinski definition) is 0. The Labute approximate surface area is 152 Å². The average molecular weight is 347 g/mol. The molecular weight excluding hydrogens is 326 g/mol. The van der Waals surface area contributed by atoms with E-state index < -0.39 is 0 Å². The molecule has 6 nitrogen and oxygen atoms in total. The molecule has 0 radical (unpaired) electrons. The summed E-state index contributed by atoms with van der Waals surface area (Å²) in [5.74, 6) is -0.0746. The monoisotopic (exact) mass is 347 g/mol. The predicted octanol–water partition coefficient (Wildman–Crippen LogP) is 2.42. The van der Waals surface area contributed by atoms with Crippen LogP contribution in [0.1, 0.15) is 21.6 Å². The second kappa shape index (κ2) is 7.00. The number of nitrogens with zero attached hydrogens (tertiary/aromatic N) is 5. The molecule has 0 unspecified atom stereocenters. The number of carbonyl (C=O) groups excluding carboxylic acids is 1. The van der Waals surface area contributed by atoms with E-state index in [1.165, 1.54) is 5.69 Å². The maximum Gasteiger partial charge on any atom is 0.276 e. The number of amides is 1. The van der Waals surface area contributed by atoms with Crippen molar-refractivity contribution in [3.63, 3.8) is 0 Å². The molecule has 0 atom stereocenters. The van der Waals surface area contributed by atoms with Gasteiger partial charge in [0.15, 0.2) is 5.69 Å². The summed E-state index contributed by atoms with van der Waals surface area (Å²) in [4.78, 5) is 17.0. The summed E-state index contributed by atoms with van der Waals surface area (Å²) in [7, 11) is 2.06. The highest BCUT2D eigenvalue weighted by Crippen LogP contribution is 2.24. The number of benzene rings is 2. The van der Waals surface area contributed by atoms with E-state index in [9.17, 15) is 4.79 Å². The maximum atomic E-state index is 12.9. The van der Waals surface area contributed by atoms with Crippen LogP contribution in [0, 0.1) is 0 Å². The lowest BCUT2D eigenvalue weighted by atomic mass is 10.1. The van der Waals surface area contributed by atoms with Gasteiger partial charge >= 0.3 is 0 Å². The van der Waals surface area contributed by atoms with E-state index in [2.05, 4.69) is 34.4 Å². The molecule has 0 aliphatic carbocycles. The van der Waals surface area contributed by atoms with Crippen LogP contribution >= 0.6 is 0 Å². The van der Waals surface area contributed by atoms with Gasteiger partial charge in [0.2, 0.25) is 0 Å². The normalized spacial score (nSPS) is 14.0. The maximum absolute atomic E-state index is 12.9. The number of para-hydroxylation sites is 1. The topological polar surface area (TPSA) is 54.3 Å². The molecule has 2 aromatic carbocycles. The van der Waals surface area contributed by atoms with Gasteiger partial charge in [0.1, 0.15) is 0 Å². The van der Waals surface area contributed by atoms with Crippen LogP contribution in [0.5, 0.6) is 0 Å². The van der Waals surface area contributed by atoms with Gasteiger partial charge in [-0.05, 0) is 17.2 Å². The zero-order chi connectivity index (χ0) is 17.9. The summed E-state index contributed by atoms with van der Waals surface area (Å²) in [6.07, 6.45) is 1.73. The molecule has 0 N–H and O–H groups in total. The number of anilines is 1. The molecular formula is C20H21N5O. The van der Waals surface area contributed by atoms with Crippen molar-refractivity contribution < 1.29 is 4.79 Å². The molecule has 1 amide bonds. The summed E-state index contributed by atoms with van der Waals surface area (Å²) in [5, 5.41) is 8.22. The van der Waals surface area contributed by atoms with Gasteiger partial charge < -0.3 is 9.80 Å². The van der Waals surface area contributed by atoms with Crippen LogP contribution < -0.4 is 4.90 Å². The molecule has 2 heterocycles. The van der Waals surface area contributed by atoms with Gasteiger partial charge in [-0.25, -0.2) is 4.68 Å². The molecule has 132 valence electrons. The first kappa shape index (κ1) is 16.3.